The van der Waals surface area contributed by atoms with Crippen LogP contribution in [0.25, 0.3) is 10.9 Å². The van der Waals surface area contributed by atoms with E-state index in [0.29, 0.717) is 0 Å². The molecule has 0 aliphatic carbocycles. The van der Waals surface area contributed by atoms with Gasteiger partial charge in [-0.1, -0.05) is 15.9 Å². The molecule has 0 saturated carbocycles. The first-order valence-corrected chi connectivity index (χ1v) is 5.75. The van der Waals surface area contributed by atoms with Gasteiger partial charge in [-0.05, 0) is 47.2 Å². The van der Waals surface area contributed by atoms with Crippen LogP contribution < -0.4 is 0 Å². The van der Waals surface area contributed by atoms with E-state index in [4.69, 9.17) is 0 Å². The molecule has 4 heteroatoms. The summed E-state index contributed by atoms with van der Waals surface area (Å²) in [6.07, 6.45) is 0. The third-order valence-electron chi connectivity index (χ3n) is 2.07. The lowest BCUT2D eigenvalue weighted by atomic mass is 10.1. The molecule has 0 saturated heterocycles. The number of benzene rings is 1. The molecule has 1 aromatic carbocycles. The second-order valence-corrected chi connectivity index (χ2v) is 4.97. The molecule has 2 nitrogen and oxygen atoms in total. The largest absolute Gasteiger partial charge is 0.267 e. The van der Waals surface area contributed by atoms with Crippen LogP contribution in [0.1, 0.15) is 5.56 Å². The Balaban J connectivity index is 2.97. The Morgan fingerprint density at radius 1 is 1.46 bits per heavy atom. The molecule has 0 atom stereocenters. The molecule has 0 spiro atoms. The number of halogens is 2. The van der Waals surface area contributed by atoms with Crippen LogP contribution in [0.3, 0.4) is 0 Å². The smallest absolute Gasteiger partial charge is 0.131 e. The third kappa shape index (κ3) is 1.50. The van der Waals surface area contributed by atoms with Crippen molar-refractivity contribution in [3.05, 3.63) is 25.9 Å². The summed E-state index contributed by atoms with van der Waals surface area (Å²) in [6.45, 7) is 2.11. The molecule has 0 N–H and O–H groups in total. The minimum atomic E-state index is 1.07. The average Bonchev–Trinajstić information content (AvgIpc) is 2.27. The van der Waals surface area contributed by atoms with Crippen LogP contribution in [0.15, 0.2) is 16.6 Å². The number of aromatic nitrogens is 2. The topological polar surface area (TPSA) is 17.8 Å². The van der Waals surface area contributed by atoms with Crippen LogP contribution in [-0.4, -0.2) is 9.78 Å². The van der Waals surface area contributed by atoms with E-state index >= 15 is 0 Å². The maximum atomic E-state index is 4.37. The zero-order valence-corrected chi connectivity index (χ0v) is 11.0. The molecule has 0 unspecified atom stereocenters. The summed E-state index contributed by atoms with van der Waals surface area (Å²) < 4.78 is 4.09. The molecule has 0 fully saturated rings. The predicted octanol–water partition coefficient (Wildman–Crippen LogP) is 3.25. The van der Waals surface area contributed by atoms with Crippen molar-refractivity contribution < 1.29 is 0 Å². The van der Waals surface area contributed by atoms with Crippen molar-refractivity contribution in [3.8, 4) is 0 Å². The number of hydrogen-bond donors (Lipinski definition) is 0. The molecular weight excluding hydrogens is 343 g/mol. The fourth-order valence-electron chi connectivity index (χ4n) is 1.48. The maximum Gasteiger partial charge on any atom is 0.131 e. The Bertz CT molecular complexity index is 476. The normalized spacial score (nSPS) is 11.1. The van der Waals surface area contributed by atoms with Gasteiger partial charge in [-0.3, -0.25) is 4.68 Å². The van der Waals surface area contributed by atoms with Crippen LogP contribution in [0.4, 0.5) is 0 Å². The van der Waals surface area contributed by atoms with Crippen molar-refractivity contribution >= 4 is 49.4 Å². The third-order valence-corrected chi connectivity index (χ3v) is 3.29. The van der Waals surface area contributed by atoms with E-state index in [1.54, 1.807) is 0 Å². The summed E-state index contributed by atoms with van der Waals surface area (Å²) in [5.41, 5.74) is 2.44. The molecule has 2 aromatic rings. The number of hydrogen-bond acceptors (Lipinski definition) is 1. The first-order valence-electron chi connectivity index (χ1n) is 3.88. The Labute approximate surface area is 98.6 Å². The van der Waals surface area contributed by atoms with Gasteiger partial charge in [-0.15, -0.1) is 0 Å². The minimum Gasteiger partial charge on any atom is -0.267 e. The molecule has 1 heterocycles. The summed E-state index contributed by atoms with van der Waals surface area (Å²) >= 11 is 5.75. The van der Waals surface area contributed by atoms with Gasteiger partial charge in [0.05, 0.1) is 5.52 Å². The standard InChI is InChI=1S/C9H8BrIN2/c1-5-3-6(10)4-7-8(5)9(11)12-13(7)2/h3-4H,1-2H3. The van der Waals surface area contributed by atoms with Gasteiger partial charge >= 0.3 is 0 Å². The number of fused-ring (bicyclic) bond motifs is 1. The lowest BCUT2D eigenvalue weighted by Gasteiger charge is -1.98. The SMILES string of the molecule is Cc1cc(Br)cc2c1c(I)nn2C. The number of aryl methyl sites for hydroxylation is 2. The quantitative estimate of drug-likeness (QED) is 0.667. The van der Waals surface area contributed by atoms with Crippen LogP contribution in [0, 0.1) is 10.6 Å². The highest BCUT2D eigenvalue weighted by Gasteiger charge is 2.08. The van der Waals surface area contributed by atoms with Crippen LogP contribution in [0.2, 0.25) is 0 Å². The van der Waals surface area contributed by atoms with Crippen molar-refractivity contribution in [2.24, 2.45) is 7.05 Å². The second kappa shape index (κ2) is 3.24. The lowest BCUT2D eigenvalue weighted by Crippen LogP contribution is -1.89. The number of nitrogens with zero attached hydrogens (tertiary/aromatic N) is 2. The van der Waals surface area contributed by atoms with Crippen molar-refractivity contribution in [1.29, 1.82) is 0 Å². The highest BCUT2D eigenvalue weighted by Crippen LogP contribution is 2.26. The molecule has 2 rings (SSSR count). The molecule has 1 aromatic heterocycles. The fourth-order valence-corrected chi connectivity index (χ4v) is 3.07. The molecule has 68 valence electrons. The Hall–Kier alpha value is -0.100. The van der Waals surface area contributed by atoms with E-state index in [1.807, 2.05) is 11.7 Å². The lowest BCUT2D eigenvalue weighted by molar-refractivity contribution is 0.787. The van der Waals surface area contributed by atoms with E-state index in [2.05, 4.69) is 62.7 Å². The molecule has 13 heavy (non-hydrogen) atoms. The van der Waals surface area contributed by atoms with Crippen molar-refractivity contribution in [1.82, 2.24) is 9.78 Å². The monoisotopic (exact) mass is 350 g/mol. The predicted molar refractivity (Wildman–Crippen MR) is 65.9 cm³/mol. The summed E-state index contributed by atoms with van der Waals surface area (Å²) in [5, 5.41) is 5.63. The first-order chi connectivity index (χ1) is 6.09. The molecular formula is C9H8BrIN2. The fraction of sp³-hybridized carbons (Fsp3) is 0.222. The van der Waals surface area contributed by atoms with Gasteiger partial charge in [0.15, 0.2) is 0 Å². The van der Waals surface area contributed by atoms with E-state index in [9.17, 15) is 0 Å². The molecule has 0 aliphatic heterocycles. The van der Waals surface area contributed by atoms with E-state index in [0.717, 1.165) is 8.17 Å². The number of rotatable bonds is 0. The van der Waals surface area contributed by atoms with Gasteiger partial charge in [-0.25, -0.2) is 0 Å². The molecule has 0 bridgehead atoms. The summed E-state index contributed by atoms with van der Waals surface area (Å²) in [7, 11) is 1.97. The zero-order valence-electron chi connectivity index (χ0n) is 7.31. The van der Waals surface area contributed by atoms with Crippen molar-refractivity contribution in [2.75, 3.05) is 0 Å². The van der Waals surface area contributed by atoms with Gasteiger partial charge < -0.3 is 0 Å². The van der Waals surface area contributed by atoms with Gasteiger partial charge in [0.1, 0.15) is 3.70 Å². The van der Waals surface area contributed by atoms with Gasteiger partial charge in [0.2, 0.25) is 0 Å². The van der Waals surface area contributed by atoms with E-state index < -0.39 is 0 Å². The Morgan fingerprint density at radius 3 is 2.85 bits per heavy atom. The summed E-state index contributed by atoms with van der Waals surface area (Å²) in [6, 6.07) is 4.21. The average molecular weight is 351 g/mol. The van der Waals surface area contributed by atoms with E-state index in [-0.39, 0.29) is 0 Å². The highest BCUT2D eigenvalue weighted by molar-refractivity contribution is 14.1. The van der Waals surface area contributed by atoms with Gasteiger partial charge in [0, 0.05) is 16.9 Å². The van der Waals surface area contributed by atoms with Gasteiger partial charge in [-0.2, -0.15) is 5.10 Å². The van der Waals surface area contributed by atoms with E-state index in [1.165, 1.54) is 16.5 Å². The van der Waals surface area contributed by atoms with Crippen molar-refractivity contribution in [2.45, 2.75) is 6.92 Å². The maximum absolute atomic E-state index is 4.37. The summed E-state index contributed by atoms with van der Waals surface area (Å²) in [5.74, 6) is 0. The second-order valence-electron chi connectivity index (χ2n) is 3.03. The minimum absolute atomic E-state index is 1.07. The van der Waals surface area contributed by atoms with Crippen LogP contribution >= 0.6 is 38.5 Å². The van der Waals surface area contributed by atoms with Gasteiger partial charge in [0.25, 0.3) is 0 Å². The van der Waals surface area contributed by atoms with Crippen LogP contribution in [-0.2, 0) is 7.05 Å². The highest BCUT2D eigenvalue weighted by atomic mass is 127. The Kier molecular flexibility index (Phi) is 2.35. The molecule has 0 aliphatic rings. The summed E-state index contributed by atoms with van der Waals surface area (Å²) in [4.78, 5) is 0. The zero-order chi connectivity index (χ0) is 9.59. The molecule has 0 amide bonds. The molecule has 0 radical (unpaired) electrons. The first kappa shape index (κ1) is 9.45. The van der Waals surface area contributed by atoms with Crippen LogP contribution in [0.5, 0.6) is 0 Å². The Morgan fingerprint density at radius 2 is 2.15 bits per heavy atom. The van der Waals surface area contributed by atoms with Crippen molar-refractivity contribution in [3.63, 3.8) is 0 Å².